The van der Waals surface area contributed by atoms with Crippen molar-refractivity contribution in [1.29, 1.82) is 0 Å². The Labute approximate surface area is 95.8 Å². The van der Waals surface area contributed by atoms with E-state index < -0.39 is 9.84 Å². The van der Waals surface area contributed by atoms with E-state index in [0.717, 1.165) is 0 Å². The zero-order chi connectivity index (χ0) is 11.5. The van der Waals surface area contributed by atoms with E-state index in [-0.39, 0.29) is 34.2 Å². The highest BCUT2D eigenvalue weighted by atomic mass is 32.2. The van der Waals surface area contributed by atoms with Crippen molar-refractivity contribution in [3.8, 4) is 0 Å². The van der Waals surface area contributed by atoms with Crippen LogP contribution < -0.4 is 11.3 Å². The van der Waals surface area contributed by atoms with E-state index in [9.17, 15) is 13.2 Å². The summed E-state index contributed by atoms with van der Waals surface area (Å²) in [5.41, 5.74) is 5.22. The first-order valence-corrected chi connectivity index (χ1v) is 7.42. The van der Waals surface area contributed by atoms with E-state index in [1.54, 1.807) is 0 Å². The van der Waals surface area contributed by atoms with Crippen LogP contribution in [0.15, 0.2) is 16.0 Å². The lowest BCUT2D eigenvalue weighted by Crippen LogP contribution is -2.26. The van der Waals surface area contributed by atoms with Gasteiger partial charge in [0.2, 0.25) is 0 Å². The largest absolute Gasteiger partial charge is 0.383 e. The summed E-state index contributed by atoms with van der Waals surface area (Å²) in [6.45, 7) is 0. The van der Waals surface area contributed by atoms with Gasteiger partial charge in [-0.05, 0) is 0 Å². The molecule has 2 unspecified atom stereocenters. The molecule has 0 aromatic carbocycles. The minimum Gasteiger partial charge on any atom is -0.383 e. The van der Waals surface area contributed by atoms with Crippen molar-refractivity contribution >= 4 is 27.4 Å². The Hall–Kier alpha value is -1.02. The van der Waals surface area contributed by atoms with Gasteiger partial charge in [-0.1, -0.05) is 11.8 Å². The second-order valence-corrected chi connectivity index (χ2v) is 7.33. The number of aromatic nitrogens is 2. The highest BCUT2D eigenvalue weighted by Gasteiger charge is 2.45. The van der Waals surface area contributed by atoms with Gasteiger partial charge >= 0.3 is 0 Å². The van der Waals surface area contributed by atoms with Crippen LogP contribution in [0.25, 0.3) is 0 Å². The molecule has 2 atom stereocenters. The van der Waals surface area contributed by atoms with E-state index >= 15 is 0 Å². The molecule has 2 aliphatic heterocycles. The van der Waals surface area contributed by atoms with Crippen molar-refractivity contribution in [2.75, 3.05) is 17.2 Å². The Bertz CT molecular complexity index is 622. The standard InChI is InChI=1S/C8H9N3O3S2/c9-6-1-7(12)11-4-2-16(13,14)3-5(4)15-8(11)10-6/h1,4-5H,2-3,9H2. The van der Waals surface area contributed by atoms with Crippen molar-refractivity contribution in [3.05, 3.63) is 16.4 Å². The molecule has 1 aromatic heterocycles. The molecule has 0 aliphatic carbocycles. The number of hydrogen-bond acceptors (Lipinski definition) is 6. The summed E-state index contributed by atoms with van der Waals surface area (Å²) in [6.07, 6.45) is 0. The highest BCUT2D eigenvalue weighted by Crippen LogP contribution is 2.43. The van der Waals surface area contributed by atoms with E-state index in [4.69, 9.17) is 5.73 Å². The van der Waals surface area contributed by atoms with Gasteiger partial charge in [0.15, 0.2) is 15.0 Å². The number of nitrogen functional groups attached to an aromatic ring is 1. The van der Waals surface area contributed by atoms with Crippen LogP contribution >= 0.6 is 11.8 Å². The molecule has 3 heterocycles. The third-order valence-electron chi connectivity index (χ3n) is 2.80. The van der Waals surface area contributed by atoms with E-state index in [1.807, 2.05) is 0 Å². The van der Waals surface area contributed by atoms with Gasteiger partial charge in [0.1, 0.15) is 5.82 Å². The van der Waals surface area contributed by atoms with Crippen LogP contribution in [0.5, 0.6) is 0 Å². The van der Waals surface area contributed by atoms with E-state index in [2.05, 4.69) is 4.98 Å². The SMILES string of the molecule is Nc1cc(=O)n2c(n1)SC1CS(=O)(=O)CC12. The Balaban J connectivity index is 2.17. The summed E-state index contributed by atoms with van der Waals surface area (Å²) in [7, 11) is -3.01. The first kappa shape index (κ1) is 10.2. The molecule has 8 heteroatoms. The quantitative estimate of drug-likeness (QED) is 0.617. The molecule has 2 N–H and O–H groups in total. The minimum atomic E-state index is -3.01. The lowest BCUT2D eigenvalue weighted by atomic mass is 10.2. The summed E-state index contributed by atoms with van der Waals surface area (Å²) in [4.78, 5) is 15.8. The number of sulfone groups is 1. The summed E-state index contributed by atoms with van der Waals surface area (Å²) in [5, 5.41) is 0.446. The predicted molar refractivity (Wildman–Crippen MR) is 60.2 cm³/mol. The third kappa shape index (κ3) is 1.36. The summed E-state index contributed by atoms with van der Waals surface area (Å²) in [6, 6.07) is 0.961. The van der Waals surface area contributed by atoms with Gasteiger partial charge < -0.3 is 5.73 Å². The molecule has 0 bridgehead atoms. The number of thioether (sulfide) groups is 1. The molecule has 6 nitrogen and oxygen atoms in total. The number of nitrogens with zero attached hydrogens (tertiary/aromatic N) is 2. The monoisotopic (exact) mass is 259 g/mol. The Morgan fingerprint density at radius 3 is 3.00 bits per heavy atom. The Morgan fingerprint density at radius 2 is 2.25 bits per heavy atom. The fraction of sp³-hybridized carbons (Fsp3) is 0.500. The average molecular weight is 259 g/mol. The van der Waals surface area contributed by atoms with Crippen molar-refractivity contribution in [3.63, 3.8) is 0 Å². The number of fused-ring (bicyclic) bond motifs is 3. The molecule has 1 fully saturated rings. The molecule has 3 rings (SSSR count). The van der Waals surface area contributed by atoms with Crippen LogP contribution in [-0.4, -0.2) is 34.7 Å². The van der Waals surface area contributed by atoms with Crippen LogP contribution in [0.2, 0.25) is 0 Å². The third-order valence-corrected chi connectivity index (χ3v) is 6.01. The first-order valence-electron chi connectivity index (χ1n) is 4.72. The molecule has 0 amide bonds. The maximum absolute atomic E-state index is 11.7. The van der Waals surface area contributed by atoms with Gasteiger partial charge in [0, 0.05) is 11.3 Å². The van der Waals surface area contributed by atoms with Gasteiger partial charge in [-0.25, -0.2) is 13.4 Å². The van der Waals surface area contributed by atoms with Crippen LogP contribution in [0.4, 0.5) is 5.82 Å². The van der Waals surface area contributed by atoms with Gasteiger partial charge in [-0.2, -0.15) is 0 Å². The smallest absolute Gasteiger partial charge is 0.256 e. The van der Waals surface area contributed by atoms with Crippen molar-refractivity contribution in [2.45, 2.75) is 16.4 Å². The highest BCUT2D eigenvalue weighted by molar-refractivity contribution is 8.02. The van der Waals surface area contributed by atoms with Crippen LogP contribution in [-0.2, 0) is 9.84 Å². The molecular formula is C8H9N3O3S2. The van der Waals surface area contributed by atoms with Gasteiger partial charge in [0.05, 0.1) is 17.5 Å². The molecular weight excluding hydrogens is 250 g/mol. The number of nitrogens with two attached hydrogens (primary N) is 1. The van der Waals surface area contributed by atoms with Gasteiger partial charge in [-0.3, -0.25) is 9.36 Å². The molecule has 0 saturated carbocycles. The number of rotatable bonds is 0. The molecule has 0 radical (unpaired) electrons. The Morgan fingerprint density at radius 1 is 1.50 bits per heavy atom. The zero-order valence-corrected chi connectivity index (χ0v) is 9.79. The van der Waals surface area contributed by atoms with Gasteiger partial charge in [-0.15, -0.1) is 0 Å². The first-order chi connectivity index (χ1) is 7.46. The van der Waals surface area contributed by atoms with Crippen LogP contribution in [0, 0.1) is 0 Å². The number of anilines is 1. The summed E-state index contributed by atoms with van der Waals surface area (Å²) in [5.74, 6) is 0.334. The van der Waals surface area contributed by atoms with Crippen molar-refractivity contribution in [1.82, 2.24) is 9.55 Å². The van der Waals surface area contributed by atoms with E-state index in [0.29, 0.717) is 5.16 Å². The van der Waals surface area contributed by atoms with Crippen molar-refractivity contribution in [2.24, 2.45) is 0 Å². The fourth-order valence-corrected chi connectivity index (χ4v) is 6.08. The van der Waals surface area contributed by atoms with Gasteiger partial charge in [0.25, 0.3) is 5.56 Å². The van der Waals surface area contributed by atoms with Crippen LogP contribution in [0.1, 0.15) is 6.04 Å². The van der Waals surface area contributed by atoms with Crippen molar-refractivity contribution < 1.29 is 8.42 Å². The second kappa shape index (κ2) is 3.01. The second-order valence-electron chi connectivity index (χ2n) is 3.97. The predicted octanol–water partition coefficient (Wildman–Crippen LogP) is -0.731. The minimum absolute atomic E-state index is 0.0309. The maximum atomic E-state index is 11.7. The molecule has 1 aromatic rings. The average Bonchev–Trinajstić information content (AvgIpc) is 2.54. The lowest BCUT2D eigenvalue weighted by molar-refractivity contribution is 0.519. The molecule has 86 valence electrons. The fourth-order valence-electron chi connectivity index (χ4n) is 2.16. The Kier molecular flexibility index (Phi) is 1.91. The van der Waals surface area contributed by atoms with E-state index in [1.165, 1.54) is 22.4 Å². The lowest BCUT2D eigenvalue weighted by Gasteiger charge is -2.08. The number of hydrogen-bond donors (Lipinski definition) is 1. The maximum Gasteiger partial charge on any atom is 0.256 e. The topological polar surface area (TPSA) is 95.1 Å². The molecule has 0 spiro atoms. The zero-order valence-electron chi connectivity index (χ0n) is 8.16. The molecule has 2 aliphatic rings. The normalized spacial score (nSPS) is 30.0. The molecule has 1 saturated heterocycles. The summed E-state index contributed by atoms with van der Waals surface area (Å²) >= 11 is 1.33. The molecule has 16 heavy (non-hydrogen) atoms. The summed E-state index contributed by atoms with van der Waals surface area (Å²) < 4.78 is 24.4. The van der Waals surface area contributed by atoms with Crippen LogP contribution in [0.3, 0.4) is 0 Å².